The first-order valence-corrected chi connectivity index (χ1v) is 13.1. The van der Waals surface area contributed by atoms with Gasteiger partial charge in [-0.15, -0.1) is 0 Å². The number of rotatable bonds is 11. The maximum Gasteiger partial charge on any atom is 0.225 e. The predicted octanol–water partition coefficient (Wildman–Crippen LogP) is 2.82. The van der Waals surface area contributed by atoms with Gasteiger partial charge in [-0.1, -0.05) is 18.2 Å². The molecule has 190 valence electrons. The van der Waals surface area contributed by atoms with E-state index in [1.54, 1.807) is 7.11 Å². The number of amides is 1. The highest BCUT2D eigenvalue weighted by Gasteiger charge is 2.44. The molecule has 1 heterocycles. The number of methoxy groups -OCH3 is 1. The fourth-order valence-electron chi connectivity index (χ4n) is 5.72. The lowest BCUT2D eigenvalue weighted by Crippen LogP contribution is -2.49. The van der Waals surface area contributed by atoms with E-state index in [2.05, 4.69) is 0 Å². The number of nitrogens with zero attached hydrogens (tertiary/aromatic N) is 1. The fraction of sp³-hybridized carbons (Fsp3) is 0.741. The number of aliphatic hydroxyl groups excluding tert-OH is 1. The van der Waals surface area contributed by atoms with E-state index in [0.717, 1.165) is 37.0 Å². The van der Waals surface area contributed by atoms with Crippen molar-refractivity contribution >= 4 is 5.91 Å². The SMILES string of the molecule is COCCCC[C@](O)(c1ccccc1OCC1CC1)C1CCCN(C(=O)[C@H]2C[C@@H](N)[C@H](O)C2)C1. The van der Waals surface area contributed by atoms with E-state index in [9.17, 15) is 15.0 Å². The first-order valence-electron chi connectivity index (χ1n) is 13.1. The molecule has 1 saturated heterocycles. The molecular weight excluding hydrogens is 432 g/mol. The highest BCUT2D eigenvalue weighted by atomic mass is 16.5. The lowest BCUT2D eigenvalue weighted by molar-refractivity contribution is -0.141. The lowest BCUT2D eigenvalue weighted by atomic mass is 9.73. The number of para-hydroxylation sites is 1. The van der Waals surface area contributed by atoms with Crippen LogP contribution in [0.15, 0.2) is 24.3 Å². The molecule has 3 fully saturated rings. The van der Waals surface area contributed by atoms with E-state index in [0.29, 0.717) is 51.5 Å². The zero-order valence-corrected chi connectivity index (χ0v) is 20.5. The largest absolute Gasteiger partial charge is 0.493 e. The second-order valence-electron chi connectivity index (χ2n) is 10.6. The molecule has 7 heteroatoms. The quantitative estimate of drug-likeness (QED) is 0.426. The van der Waals surface area contributed by atoms with Gasteiger partial charge in [0.25, 0.3) is 0 Å². The van der Waals surface area contributed by atoms with Crippen LogP contribution in [0.4, 0.5) is 0 Å². The van der Waals surface area contributed by atoms with Crippen molar-refractivity contribution in [2.45, 2.75) is 75.5 Å². The van der Waals surface area contributed by atoms with E-state index in [4.69, 9.17) is 15.2 Å². The monoisotopic (exact) mass is 474 g/mol. The van der Waals surface area contributed by atoms with Crippen LogP contribution >= 0.6 is 0 Å². The third-order valence-electron chi connectivity index (χ3n) is 8.02. The number of carbonyl (C=O) groups excluding carboxylic acids is 1. The van der Waals surface area contributed by atoms with Crippen molar-refractivity contribution in [1.82, 2.24) is 4.90 Å². The minimum atomic E-state index is -1.08. The van der Waals surface area contributed by atoms with Gasteiger partial charge in [0.1, 0.15) is 5.75 Å². The third kappa shape index (κ3) is 5.93. The summed E-state index contributed by atoms with van der Waals surface area (Å²) >= 11 is 0. The summed E-state index contributed by atoms with van der Waals surface area (Å²) < 4.78 is 11.4. The molecule has 0 aromatic heterocycles. The minimum Gasteiger partial charge on any atom is -0.493 e. The average molecular weight is 475 g/mol. The van der Waals surface area contributed by atoms with Gasteiger partial charge in [-0.05, 0) is 69.8 Å². The molecule has 34 heavy (non-hydrogen) atoms. The number of aliphatic hydroxyl groups is 2. The van der Waals surface area contributed by atoms with Gasteiger partial charge in [0.15, 0.2) is 0 Å². The Labute approximate surface area is 203 Å². The molecule has 0 radical (unpaired) electrons. The van der Waals surface area contributed by atoms with E-state index >= 15 is 0 Å². The fourth-order valence-corrected chi connectivity index (χ4v) is 5.72. The molecule has 7 nitrogen and oxygen atoms in total. The van der Waals surface area contributed by atoms with Crippen molar-refractivity contribution in [3.05, 3.63) is 29.8 Å². The number of benzene rings is 1. The van der Waals surface area contributed by atoms with E-state index < -0.39 is 11.7 Å². The molecule has 0 spiro atoms. The van der Waals surface area contributed by atoms with Crippen LogP contribution in [-0.4, -0.2) is 66.6 Å². The number of hydrogen-bond acceptors (Lipinski definition) is 6. The predicted molar refractivity (Wildman–Crippen MR) is 130 cm³/mol. The molecule has 5 atom stereocenters. The summed E-state index contributed by atoms with van der Waals surface area (Å²) in [5, 5.41) is 22.3. The first kappa shape index (κ1) is 25.4. The second-order valence-corrected chi connectivity index (χ2v) is 10.6. The zero-order chi connectivity index (χ0) is 24.1. The van der Waals surface area contributed by atoms with Crippen molar-refractivity contribution in [3.8, 4) is 5.75 Å². The average Bonchev–Trinajstić information content (AvgIpc) is 3.63. The van der Waals surface area contributed by atoms with Crippen LogP contribution in [0.3, 0.4) is 0 Å². The van der Waals surface area contributed by atoms with Gasteiger partial charge in [0.2, 0.25) is 5.91 Å². The van der Waals surface area contributed by atoms with Gasteiger partial charge in [-0.2, -0.15) is 0 Å². The number of unbranched alkanes of at least 4 members (excludes halogenated alkanes) is 1. The summed E-state index contributed by atoms with van der Waals surface area (Å²) in [5.74, 6) is 1.14. The Balaban J connectivity index is 1.53. The number of hydrogen-bond donors (Lipinski definition) is 3. The lowest BCUT2D eigenvalue weighted by Gasteiger charge is -2.44. The Bertz CT molecular complexity index is 806. The zero-order valence-electron chi connectivity index (χ0n) is 20.5. The van der Waals surface area contributed by atoms with Crippen molar-refractivity contribution in [2.75, 3.05) is 33.4 Å². The molecule has 1 aromatic carbocycles. The van der Waals surface area contributed by atoms with Crippen molar-refractivity contribution < 1.29 is 24.5 Å². The molecule has 1 aliphatic heterocycles. The Morgan fingerprint density at radius 3 is 2.71 bits per heavy atom. The Kier molecular flexibility index (Phi) is 8.51. The van der Waals surface area contributed by atoms with Gasteiger partial charge in [0.05, 0.1) is 18.3 Å². The third-order valence-corrected chi connectivity index (χ3v) is 8.02. The molecule has 3 aliphatic rings. The Hall–Kier alpha value is -1.67. The van der Waals surface area contributed by atoms with Gasteiger partial charge in [-0.25, -0.2) is 0 Å². The van der Waals surface area contributed by atoms with Crippen molar-refractivity contribution in [2.24, 2.45) is 23.5 Å². The summed E-state index contributed by atoms with van der Waals surface area (Å²) in [6, 6.07) is 7.55. The van der Waals surface area contributed by atoms with Crippen LogP contribution < -0.4 is 10.5 Å². The second kappa shape index (κ2) is 11.4. The molecule has 1 amide bonds. The summed E-state index contributed by atoms with van der Waals surface area (Å²) in [4.78, 5) is 15.2. The molecule has 1 unspecified atom stereocenters. The van der Waals surface area contributed by atoms with Gasteiger partial charge in [-0.3, -0.25) is 4.79 Å². The van der Waals surface area contributed by atoms with Crippen LogP contribution in [-0.2, 0) is 15.1 Å². The minimum absolute atomic E-state index is 0.0664. The van der Waals surface area contributed by atoms with E-state index in [1.165, 1.54) is 12.8 Å². The highest BCUT2D eigenvalue weighted by Crippen LogP contribution is 2.44. The summed E-state index contributed by atoms with van der Waals surface area (Å²) in [6.07, 6.45) is 6.78. The number of nitrogens with two attached hydrogens (primary N) is 1. The Morgan fingerprint density at radius 1 is 1.21 bits per heavy atom. The van der Waals surface area contributed by atoms with Crippen LogP contribution in [0.1, 0.15) is 63.4 Å². The van der Waals surface area contributed by atoms with Crippen molar-refractivity contribution in [1.29, 1.82) is 0 Å². The molecule has 4 N–H and O–H groups in total. The molecule has 2 aliphatic carbocycles. The highest BCUT2D eigenvalue weighted by molar-refractivity contribution is 5.79. The van der Waals surface area contributed by atoms with Gasteiger partial charge >= 0.3 is 0 Å². The molecular formula is C27H42N2O5. The maximum absolute atomic E-state index is 13.3. The summed E-state index contributed by atoms with van der Waals surface area (Å²) in [6.45, 7) is 2.56. The molecule has 2 saturated carbocycles. The molecule has 1 aromatic rings. The number of ether oxygens (including phenoxy) is 2. The Morgan fingerprint density at radius 2 is 2.00 bits per heavy atom. The number of piperidine rings is 1. The van der Waals surface area contributed by atoms with Gasteiger partial charge < -0.3 is 30.3 Å². The summed E-state index contributed by atoms with van der Waals surface area (Å²) in [5.41, 5.74) is 5.73. The van der Waals surface area contributed by atoms with Crippen LogP contribution in [0.2, 0.25) is 0 Å². The van der Waals surface area contributed by atoms with Gasteiger partial charge in [0, 0.05) is 50.2 Å². The maximum atomic E-state index is 13.3. The van der Waals surface area contributed by atoms with Crippen LogP contribution in [0.5, 0.6) is 5.75 Å². The molecule has 4 rings (SSSR count). The normalized spacial score (nSPS) is 29.1. The van der Waals surface area contributed by atoms with E-state index in [1.807, 2.05) is 29.2 Å². The van der Waals surface area contributed by atoms with Crippen LogP contribution in [0, 0.1) is 17.8 Å². The molecule has 0 bridgehead atoms. The van der Waals surface area contributed by atoms with Crippen LogP contribution in [0.25, 0.3) is 0 Å². The standard InChI is InChI=1S/C27H42N2O5/c1-33-14-5-4-12-27(32,22-8-2-3-9-25(22)34-18-19-10-11-19)21-7-6-13-29(17-21)26(31)20-15-23(28)24(30)16-20/h2-3,8-9,19-21,23-24,30,32H,4-7,10-18,28H2,1H3/t20-,21?,23+,24+,27+/m0/s1. The first-order chi connectivity index (χ1) is 16.4. The van der Waals surface area contributed by atoms with Crippen molar-refractivity contribution in [3.63, 3.8) is 0 Å². The topological polar surface area (TPSA) is 105 Å². The van der Waals surface area contributed by atoms with E-state index in [-0.39, 0.29) is 23.8 Å². The summed E-state index contributed by atoms with van der Waals surface area (Å²) in [7, 11) is 1.70. The smallest absolute Gasteiger partial charge is 0.225 e. The number of carbonyl (C=O) groups is 1. The number of likely N-dealkylation sites (tertiary alicyclic amines) is 1.